The lowest BCUT2D eigenvalue weighted by Gasteiger charge is -2.03. The highest BCUT2D eigenvalue weighted by molar-refractivity contribution is 6.07. The molecule has 2 aromatic carbocycles. The Hall–Kier alpha value is -3.73. The first-order valence-electron chi connectivity index (χ1n) is 7.81. The number of carbonyl (C=O) groups excluding carboxylic acids is 3. The van der Waals surface area contributed by atoms with E-state index in [0.717, 1.165) is 5.56 Å². The van der Waals surface area contributed by atoms with E-state index in [1.165, 1.54) is 18.2 Å². The Kier molecular flexibility index (Phi) is 6.40. The fourth-order valence-corrected chi connectivity index (χ4v) is 2.05. The van der Waals surface area contributed by atoms with Crippen molar-refractivity contribution < 1.29 is 14.4 Å². The van der Waals surface area contributed by atoms with Crippen LogP contribution >= 0.6 is 0 Å². The normalized spacial score (nSPS) is 10.2. The van der Waals surface area contributed by atoms with Crippen molar-refractivity contribution in [3.63, 3.8) is 0 Å². The second kappa shape index (κ2) is 8.94. The molecular formula is C21H18N2O3. The summed E-state index contributed by atoms with van der Waals surface area (Å²) in [6, 6.07) is 13.6. The van der Waals surface area contributed by atoms with Crippen LogP contribution in [0.5, 0.6) is 0 Å². The van der Waals surface area contributed by atoms with Gasteiger partial charge in [-0.1, -0.05) is 31.4 Å². The molecule has 2 rings (SSSR count). The molecule has 0 aliphatic rings. The number of hydrogen-bond donors (Lipinski definition) is 2. The van der Waals surface area contributed by atoms with Crippen LogP contribution in [0.2, 0.25) is 0 Å². The lowest BCUT2D eigenvalue weighted by Crippen LogP contribution is -2.07. The quantitative estimate of drug-likeness (QED) is 0.591. The van der Waals surface area contributed by atoms with E-state index < -0.39 is 0 Å². The molecular weight excluding hydrogens is 328 g/mol. The predicted molar refractivity (Wildman–Crippen MR) is 104 cm³/mol. The Balaban J connectivity index is 2.00. The number of benzene rings is 2. The van der Waals surface area contributed by atoms with E-state index in [0.29, 0.717) is 16.9 Å². The third-order valence-corrected chi connectivity index (χ3v) is 3.41. The molecule has 0 spiro atoms. The maximum atomic E-state index is 12.2. The number of allylic oxidation sites excluding steroid dienone is 1. The van der Waals surface area contributed by atoms with Crippen LogP contribution in [0.15, 0.2) is 79.9 Å². The molecule has 0 aromatic heterocycles. The summed E-state index contributed by atoms with van der Waals surface area (Å²) in [5.74, 6) is -0.747. The highest BCUT2D eigenvalue weighted by Crippen LogP contribution is 2.13. The van der Waals surface area contributed by atoms with Crippen LogP contribution in [-0.4, -0.2) is 17.6 Å². The van der Waals surface area contributed by atoms with Crippen molar-refractivity contribution in [3.05, 3.63) is 91.0 Å². The third kappa shape index (κ3) is 5.42. The van der Waals surface area contributed by atoms with Crippen LogP contribution in [0.4, 0.5) is 11.4 Å². The van der Waals surface area contributed by atoms with Gasteiger partial charge in [-0.05, 0) is 60.2 Å². The molecule has 2 amide bonds. The van der Waals surface area contributed by atoms with E-state index in [2.05, 4.69) is 23.8 Å². The smallest absolute Gasteiger partial charge is 0.247 e. The first-order valence-corrected chi connectivity index (χ1v) is 7.81. The van der Waals surface area contributed by atoms with Crippen LogP contribution in [0.25, 0.3) is 6.08 Å². The largest absolute Gasteiger partial charge is 0.323 e. The van der Waals surface area contributed by atoms with Gasteiger partial charge in [0.2, 0.25) is 11.8 Å². The minimum atomic E-state index is -0.309. The van der Waals surface area contributed by atoms with Crippen LogP contribution in [0.3, 0.4) is 0 Å². The van der Waals surface area contributed by atoms with Gasteiger partial charge in [-0.25, -0.2) is 0 Å². The van der Waals surface area contributed by atoms with Crippen LogP contribution < -0.4 is 10.6 Å². The summed E-state index contributed by atoms with van der Waals surface area (Å²) in [6.45, 7) is 6.77. The van der Waals surface area contributed by atoms with E-state index in [1.807, 2.05) is 0 Å². The average molecular weight is 346 g/mol. The zero-order chi connectivity index (χ0) is 18.9. The number of nitrogens with one attached hydrogen (secondary N) is 2. The molecule has 0 radical (unpaired) electrons. The molecule has 0 saturated carbocycles. The molecule has 0 aliphatic carbocycles. The van der Waals surface area contributed by atoms with Gasteiger partial charge in [0, 0.05) is 16.9 Å². The van der Waals surface area contributed by atoms with Crippen molar-refractivity contribution in [1.82, 2.24) is 0 Å². The van der Waals surface area contributed by atoms with E-state index in [-0.39, 0.29) is 17.6 Å². The van der Waals surface area contributed by atoms with Crippen molar-refractivity contribution in [3.8, 4) is 0 Å². The van der Waals surface area contributed by atoms with Crippen LogP contribution in [0.1, 0.15) is 15.9 Å². The maximum Gasteiger partial charge on any atom is 0.247 e. The molecule has 0 bridgehead atoms. The Morgan fingerprint density at radius 1 is 0.731 bits per heavy atom. The van der Waals surface area contributed by atoms with Gasteiger partial charge in [0.15, 0.2) is 5.78 Å². The zero-order valence-electron chi connectivity index (χ0n) is 14.1. The van der Waals surface area contributed by atoms with Gasteiger partial charge in [-0.2, -0.15) is 0 Å². The fourth-order valence-electron chi connectivity index (χ4n) is 2.05. The number of hydrogen-bond acceptors (Lipinski definition) is 3. The summed E-state index contributed by atoms with van der Waals surface area (Å²) in [5, 5.41) is 5.26. The highest BCUT2D eigenvalue weighted by atomic mass is 16.2. The van der Waals surface area contributed by atoms with Crippen molar-refractivity contribution >= 4 is 35.0 Å². The van der Waals surface area contributed by atoms with E-state index >= 15 is 0 Å². The molecule has 0 saturated heterocycles. The maximum absolute atomic E-state index is 12.2. The van der Waals surface area contributed by atoms with Gasteiger partial charge in [0.25, 0.3) is 0 Å². The van der Waals surface area contributed by atoms with Crippen molar-refractivity contribution in [2.75, 3.05) is 10.6 Å². The van der Waals surface area contributed by atoms with Gasteiger partial charge in [-0.15, -0.1) is 0 Å². The van der Waals surface area contributed by atoms with Gasteiger partial charge >= 0.3 is 0 Å². The molecule has 0 aliphatic heterocycles. The number of rotatable bonds is 7. The van der Waals surface area contributed by atoms with Crippen molar-refractivity contribution in [2.24, 2.45) is 0 Å². The molecule has 0 unspecified atom stereocenters. The molecule has 2 N–H and O–H groups in total. The molecule has 26 heavy (non-hydrogen) atoms. The Morgan fingerprint density at radius 2 is 1.19 bits per heavy atom. The third-order valence-electron chi connectivity index (χ3n) is 3.41. The first kappa shape index (κ1) is 18.6. The second-order valence-electron chi connectivity index (χ2n) is 5.28. The molecule has 5 heteroatoms. The average Bonchev–Trinajstić information content (AvgIpc) is 2.67. The molecule has 130 valence electrons. The van der Waals surface area contributed by atoms with Gasteiger partial charge in [-0.3, -0.25) is 14.4 Å². The molecule has 0 atom stereocenters. The zero-order valence-corrected chi connectivity index (χ0v) is 14.1. The van der Waals surface area contributed by atoms with Gasteiger partial charge < -0.3 is 10.6 Å². The van der Waals surface area contributed by atoms with Crippen molar-refractivity contribution in [1.29, 1.82) is 0 Å². The second-order valence-corrected chi connectivity index (χ2v) is 5.28. The van der Waals surface area contributed by atoms with E-state index in [4.69, 9.17) is 0 Å². The predicted octanol–water partition coefficient (Wildman–Crippen LogP) is 3.83. The Bertz CT molecular complexity index is 863. The van der Waals surface area contributed by atoms with Gasteiger partial charge in [0.05, 0.1) is 0 Å². The Morgan fingerprint density at radius 3 is 1.65 bits per heavy atom. The minimum absolute atomic E-state index is 0.157. The summed E-state index contributed by atoms with van der Waals surface area (Å²) in [5.41, 5.74) is 2.57. The monoisotopic (exact) mass is 346 g/mol. The lowest BCUT2D eigenvalue weighted by atomic mass is 10.1. The summed E-state index contributed by atoms with van der Waals surface area (Å²) < 4.78 is 0. The fraction of sp³-hybridized carbons (Fsp3) is 0. The molecule has 0 heterocycles. The molecule has 5 nitrogen and oxygen atoms in total. The summed E-state index contributed by atoms with van der Waals surface area (Å²) in [7, 11) is 0. The van der Waals surface area contributed by atoms with E-state index in [9.17, 15) is 14.4 Å². The number of amides is 2. The topological polar surface area (TPSA) is 75.3 Å². The summed E-state index contributed by atoms with van der Waals surface area (Å²) in [6.07, 6.45) is 5.53. The van der Waals surface area contributed by atoms with Gasteiger partial charge in [0.1, 0.15) is 0 Å². The standard InChI is InChI=1S/C21H18N2O3/c1-3-20(25)22-17-10-5-15(6-11-17)7-14-19(24)16-8-12-18(13-9-16)23-21(26)4-2/h3-14H,1-2H2,(H,22,25)(H,23,26)/b14-7+. The highest BCUT2D eigenvalue weighted by Gasteiger charge is 2.03. The van der Waals surface area contributed by atoms with Crippen LogP contribution in [-0.2, 0) is 9.59 Å². The molecule has 0 fully saturated rings. The first-order chi connectivity index (χ1) is 12.5. The van der Waals surface area contributed by atoms with Crippen molar-refractivity contribution in [2.45, 2.75) is 0 Å². The van der Waals surface area contributed by atoms with Crippen LogP contribution in [0, 0.1) is 0 Å². The molecule has 2 aromatic rings. The lowest BCUT2D eigenvalue weighted by molar-refractivity contribution is -0.112. The number of anilines is 2. The number of ketones is 1. The minimum Gasteiger partial charge on any atom is -0.323 e. The number of carbonyl (C=O) groups is 3. The summed E-state index contributed by atoms with van der Waals surface area (Å²) >= 11 is 0. The summed E-state index contributed by atoms with van der Waals surface area (Å²) in [4.78, 5) is 34.6. The SMILES string of the molecule is C=CC(=O)Nc1ccc(/C=C/C(=O)c2ccc(NC(=O)C=C)cc2)cc1. The van der Waals surface area contributed by atoms with E-state index in [1.54, 1.807) is 54.6 Å². The Labute approximate surface area is 151 Å².